The van der Waals surface area contributed by atoms with Gasteiger partial charge in [-0.25, -0.2) is 18.1 Å². The van der Waals surface area contributed by atoms with Crippen LogP contribution in [0.4, 0.5) is 0 Å². The van der Waals surface area contributed by atoms with Crippen LogP contribution in [0.3, 0.4) is 0 Å². The van der Waals surface area contributed by atoms with E-state index >= 15 is 0 Å². The molecule has 6 aromatic rings. The summed E-state index contributed by atoms with van der Waals surface area (Å²) in [5, 5.41) is 0.578. The number of nitrogens with zero attached hydrogens (tertiary/aromatic N) is 2. The largest absolute Gasteiger partial charge is 0.319 e. The minimum Gasteiger partial charge on any atom is -0.319 e. The van der Waals surface area contributed by atoms with Gasteiger partial charge in [-0.2, -0.15) is 0 Å². The Kier molecular flexibility index (Phi) is 8.75. The molecule has 0 unspecified atom stereocenters. The van der Waals surface area contributed by atoms with E-state index in [0.29, 0.717) is 17.0 Å². The first kappa shape index (κ1) is 29.6. The molecule has 0 spiro atoms. The lowest BCUT2D eigenvalue weighted by molar-refractivity contribution is 0.514. The van der Waals surface area contributed by atoms with Crippen LogP contribution in [-0.4, -0.2) is 18.0 Å². The van der Waals surface area contributed by atoms with Crippen LogP contribution >= 0.6 is 11.6 Å². The highest BCUT2D eigenvalue weighted by molar-refractivity contribution is 7.88. The van der Waals surface area contributed by atoms with Crippen molar-refractivity contribution in [2.24, 2.45) is 0 Å². The Labute approximate surface area is 263 Å². The van der Waals surface area contributed by atoms with E-state index in [9.17, 15) is 8.42 Å². The summed E-state index contributed by atoms with van der Waals surface area (Å²) in [5.41, 5.74) is 6.42. The first-order valence-corrected chi connectivity index (χ1v) is 16.4. The average molecular weight is 618 g/mol. The van der Waals surface area contributed by atoms with E-state index in [2.05, 4.69) is 88.3 Å². The van der Waals surface area contributed by atoms with Gasteiger partial charge in [-0.05, 0) is 45.5 Å². The normalized spacial score (nSPS) is 11.8. The maximum absolute atomic E-state index is 12.6. The monoisotopic (exact) mass is 617 g/mol. The number of hydrogen-bond acceptors (Lipinski definition) is 3. The highest BCUT2D eigenvalue weighted by Crippen LogP contribution is 2.40. The van der Waals surface area contributed by atoms with Gasteiger partial charge < -0.3 is 4.57 Å². The van der Waals surface area contributed by atoms with Crippen molar-refractivity contribution in [1.29, 1.82) is 0 Å². The van der Waals surface area contributed by atoms with Crippen LogP contribution in [0, 0.1) is 0 Å². The Morgan fingerprint density at radius 2 is 1.11 bits per heavy atom. The third-order valence-corrected chi connectivity index (χ3v) is 9.32. The third-order valence-electron chi connectivity index (χ3n) is 7.77. The molecular formula is C37H32ClN3O2S. The number of hydrogen-bond donors (Lipinski definition) is 1. The molecule has 0 saturated heterocycles. The van der Waals surface area contributed by atoms with Crippen molar-refractivity contribution in [2.75, 3.05) is 0 Å². The van der Waals surface area contributed by atoms with Crippen molar-refractivity contribution in [3.8, 4) is 0 Å². The molecule has 1 aromatic heterocycles. The predicted octanol–water partition coefficient (Wildman–Crippen LogP) is 7.59. The van der Waals surface area contributed by atoms with Gasteiger partial charge in [0.1, 0.15) is 5.54 Å². The van der Waals surface area contributed by atoms with Crippen molar-refractivity contribution in [1.82, 2.24) is 14.3 Å². The van der Waals surface area contributed by atoms with E-state index in [0.717, 1.165) is 33.5 Å². The average Bonchev–Trinajstić information content (AvgIpc) is 3.52. The number of imidazole rings is 1. The van der Waals surface area contributed by atoms with Crippen LogP contribution in [0.15, 0.2) is 152 Å². The first-order valence-electron chi connectivity index (χ1n) is 14.4. The molecule has 1 N–H and O–H groups in total. The van der Waals surface area contributed by atoms with Gasteiger partial charge in [-0.1, -0.05) is 139 Å². The summed E-state index contributed by atoms with van der Waals surface area (Å²) in [6.07, 6.45) is 4.70. The van der Waals surface area contributed by atoms with E-state index in [1.165, 1.54) is 0 Å². The van der Waals surface area contributed by atoms with Crippen molar-refractivity contribution in [2.45, 2.75) is 24.3 Å². The molecule has 0 fully saturated rings. The van der Waals surface area contributed by atoms with Gasteiger partial charge >= 0.3 is 0 Å². The van der Waals surface area contributed by atoms with Crippen molar-refractivity contribution < 1.29 is 8.42 Å². The Morgan fingerprint density at radius 3 is 1.64 bits per heavy atom. The summed E-state index contributed by atoms with van der Waals surface area (Å²) in [6, 6.07) is 46.4. The van der Waals surface area contributed by atoms with Gasteiger partial charge in [-0.15, -0.1) is 0 Å². The lowest BCUT2D eigenvalue weighted by atomic mass is 9.77. The lowest BCUT2D eigenvalue weighted by Gasteiger charge is -2.37. The Morgan fingerprint density at radius 1 is 0.636 bits per heavy atom. The van der Waals surface area contributed by atoms with Crippen molar-refractivity contribution in [3.05, 3.63) is 196 Å². The Balaban J connectivity index is 1.23. The second-order valence-electron chi connectivity index (χ2n) is 10.8. The first-order chi connectivity index (χ1) is 21.4. The molecule has 6 rings (SSSR count). The van der Waals surface area contributed by atoms with E-state index < -0.39 is 15.6 Å². The van der Waals surface area contributed by atoms with E-state index in [4.69, 9.17) is 16.6 Å². The van der Waals surface area contributed by atoms with E-state index in [-0.39, 0.29) is 12.3 Å². The number of halogens is 1. The lowest BCUT2D eigenvalue weighted by Crippen LogP contribution is -2.36. The summed E-state index contributed by atoms with van der Waals surface area (Å²) in [4.78, 5) is 4.85. The number of sulfonamides is 1. The van der Waals surface area contributed by atoms with Crippen LogP contribution in [0.1, 0.15) is 39.1 Å². The second-order valence-corrected chi connectivity index (χ2v) is 13.0. The summed E-state index contributed by atoms with van der Waals surface area (Å²) < 4.78 is 30.1. The fourth-order valence-corrected chi connectivity index (χ4v) is 6.90. The fourth-order valence-electron chi connectivity index (χ4n) is 5.65. The number of benzene rings is 5. The van der Waals surface area contributed by atoms with Gasteiger partial charge in [0.15, 0.2) is 0 Å². The molecule has 5 nitrogen and oxygen atoms in total. The Hall–Kier alpha value is -4.49. The molecule has 0 aliphatic heterocycles. The van der Waals surface area contributed by atoms with Gasteiger partial charge in [0.25, 0.3) is 0 Å². The van der Waals surface area contributed by atoms with Gasteiger partial charge in [0.2, 0.25) is 10.0 Å². The van der Waals surface area contributed by atoms with Gasteiger partial charge in [0, 0.05) is 24.2 Å². The molecule has 0 atom stereocenters. The van der Waals surface area contributed by atoms with Gasteiger partial charge in [0.05, 0.1) is 17.8 Å². The summed E-state index contributed by atoms with van der Waals surface area (Å²) in [7, 11) is -3.49. The third kappa shape index (κ3) is 6.53. The molecule has 0 aliphatic rings. The van der Waals surface area contributed by atoms with Crippen molar-refractivity contribution >= 4 is 21.6 Å². The quantitative estimate of drug-likeness (QED) is 0.152. The molecule has 1 heterocycles. The number of aromatic nitrogens is 2. The molecule has 220 valence electrons. The van der Waals surface area contributed by atoms with Crippen LogP contribution in [-0.2, 0) is 34.3 Å². The van der Waals surface area contributed by atoms with Crippen LogP contribution < -0.4 is 4.72 Å². The molecule has 0 radical (unpaired) electrons. The molecule has 0 aliphatic carbocycles. The minimum absolute atomic E-state index is 0.0959. The summed E-state index contributed by atoms with van der Waals surface area (Å²) in [6.45, 7) is 0.221. The molecule has 0 saturated carbocycles. The Bertz CT molecular complexity index is 1810. The minimum atomic E-state index is -3.49. The maximum Gasteiger partial charge on any atom is 0.216 e. The van der Waals surface area contributed by atoms with Crippen LogP contribution in [0.2, 0.25) is 5.02 Å². The van der Waals surface area contributed by atoms with E-state index in [1.807, 2.05) is 48.8 Å². The molecule has 44 heavy (non-hydrogen) atoms. The molecule has 0 bridgehead atoms. The van der Waals surface area contributed by atoms with Gasteiger partial charge in [-0.3, -0.25) is 0 Å². The highest BCUT2D eigenvalue weighted by atomic mass is 35.5. The van der Waals surface area contributed by atoms with Crippen LogP contribution in [0.5, 0.6) is 0 Å². The van der Waals surface area contributed by atoms with E-state index in [1.54, 1.807) is 24.3 Å². The topological polar surface area (TPSA) is 64.0 Å². The smallest absolute Gasteiger partial charge is 0.216 e. The SMILES string of the molecule is O=S(=O)(Cc1ccc(Cl)cc1)NCc1ccc(Cc2cn(C(c3ccccc3)(c3ccccc3)c3ccccc3)cn2)cc1. The zero-order chi connectivity index (χ0) is 30.4. The zero-order valence-corrected chi connectivity index (χ0v) is 25.6. The molecule has 0 amide bonds. The molecule has 5 aromatic carbocycles. The molecular weight excluding hydrogens is 586 g/mol. The predicted molar refractivity (Wildman–Crippen MR) is 177 cm³/mol. The highest BCUT2D eigenvalue weighted by Gasteiger charge is 2.38. The van der Waals surface area contributed by atoms with Crippen molar-refractivity contribution in [3.63, 3.8) is 0 Å². The van der Waals surface area contributed by atoms with Crippen LogP contribution in [0.25, 0.3) is 0 Å². The second kappa shape index (κ2) is 13.0. The number of rotatable bonds is 11. The standard InChI is InChI=1S/C37H32ClN3O2S/c38-35-22-20-31(21-23-35)27-44(42,43)40-25-30-18-16-29(17-19-30)24-36-26-41(28-39-36)37(32-10-4-1-5-11-32,33-12-6-2-7-13-33)34-14-8-3-9-15-34/h1-23,26,28,40H,24-25,27H2. The summed E-state index contributed by atoms with van der Waals surface area (Å²) >= 11 is 5.92. The summed E-state index contributed by atoms with van der Waals surface area (Å²) in [5.74, 6) is -0.0959. The maximum atomic E-state index is 12.6. The number of nitrogens with one attached hydrogen (secondary N) is 1. The molecule has 7 heteroatoms. The zero-order valence-electron chi connectivity index (χ0n) is 24.1. The fraction of sp³-hybridized carbons (Fsp3) is 0.108.